The van der Waals surface area contributed by atoms with Gasteiger partial charge in [-0.15, -0.1) is 104 Å². The van der Waals surface area contributed by atoms with Crippen molar-refractivity contribution in [2.75, 3.05) is 5.88 Å². The summed E-state index contributed by atoms with van der Waals surface area (Å²) in [7, 11) is 0. The van der Waals surface area contributed by atoms with Crippen LogP contribution < -0.4 is 0 Å². The van der Waals surface area contributed by atoms with Gasteiger partial charge in [-0.2, -0.15) is 0 Å². The molecule has 152 valence electrons. The molecule has 0 saturated carbocycles. The van der Waals surface area contributed by atoms with Crippen molar-refractivity contribution in [2.24, 2.45) is 0 Å². The molecule has 0 aliphatic carbocycles. The molecule has 8 unspecified atom stereocenters. The minimum absolute atomic E-state index is 0.0615. The smallest absolute Gasteiger partial charge is 0.125 e. The predicted octanol–water partition coefficient (Wildman–Crippen LogP) is 8.63. The van der Waals surface area contributed by atoms with Crippen molar-refractivity contribution < 1.29 is 0 Å². The van der Waals surface area contributed by atoms with Crippen LogP contribution in [-0.2, 0) is 0 Å². The first-order chi connectivity index (χ1) is 11.1. The van der Waals surface area contributed by atoms with Gasteiger partial charge in [0.2, 0.25) is 3.79 Å². The highest BCUT2D eigenvalue weighted by atomic mass is 35.6. The quantitative estimate of drug-likeness (QED) is 0.222. The molecule has 0 aromatic rings. The third-order valence-electron chi connectivity index (χ3n) is 3.02. The standard InChI is InChI=1S/C11H10Cl14/c12-1-2(13)3(14)4(15)5(16)6(17)7(18)8(19)9(20)10(21,22)11(23,24)25/h2-9H,1H2. The SMILES string of the molecule is ClCC(Cl)C(Cl)C(Cl)C(Cl)C(Cl)C(Cl)C(Cl)C(Cl)C(Cl)(Cl)C(Cl)(Cl)Cl. The Labute approximate surface area is 217 Å². The van der Waals surface area contributed by atoms with E-state index in [2.05, 4.69) is 0 Å². The molecule has 0 aliphatic rings. The van der Waals surface area contributed by atoms with E-state index in [4.69, 9.17) is 162 Å². The molecule has 0 N–H and O–H groups in total. The largest absolute Gasteiger partial charge is 0.224 e. The average molecular weight is 639 g/mol. The summed E-state index contributed by atoms with van der Waals surface area (Å²) in [6.07, 6.45) is 0. The molecule has 0 saturated heterocycles. The monoisotopic (exact) mass is 632 g/mol. The van der Waals surface area contributed by atoms with Crippen LogP contribution in [-0.4, -0.2) is 57.0 Å². The van der Waals surface area contributed by atoms with E-state index in [1.807, 2.05) is 0 Å². The molecule has 0 rings (SSSR count). The number of hydrogen-bond acceptors (Lipinski definition) is 0. The summed E-state index contributed by atoms with van der Waals surface area (Å²) in [5.41, 5.74) is 0. The maximum Gasteiger partial charge on any atom is 0.224 e. The number of halogens is 14. The Morgan fingerprint density at radius 3 is 1.16 bits per heavy atom. The molecule has 0 fully saturated rings. The average Bonchev–Trinajstić information content (AvgIpc) is 2.54. The molecule has 25 heavy (non-hydrogen) atoms. The van der Waals surface area contributed by atoms with Crippen molar-refractivity contribution in [1.29, 1.82) is 0 Å². The fourth-order valence-corrected chi connectivity index (χ4v) is 5.49. The van der Waals surface area contributed by atoms with Crippen LogP contribution in [0.25, 0.3) is 0 Å². The molecule has 0 spiro atoms. The molecular weight excluding hydrogens is 628 g/mol. The van der Waals surface area contributed by atoms with Crippen molar-refractivity contribution in [3.05, 3.63) is 0 Å². The van der Waals surface area contributed by atoms with Crippen LogP contribution >= 0.6 is 162 Å². The Balaban J connectivity index is 5.17. The van der Waals surface area contributed by atoms with Gasteiger partial charge in [0.25, 0.3) is 0 Å². The number of rotatable bonds is 9. The van der Waals surface area contributed by atoms with Crippen molar-refractivity contribution in [1.82, 2.24) is 0 Å². The van der Waals surface area contributed by atoms with Gasteiger partial charge in [0.1, 0.15) is 0 Å². The van der Waals surface area contributed by atoms with Gasteiger partial charge in [-0.1, -0.05) is 58.0 Å². The van der Waals surface area contributed by atoms with Crippen molar-refractivity contribution >= 4 is 162 Å². The Hall–Kier alpha value is 4.06. The van der Waals surface area contributed by atoms with Gasteiger partial charge in [-0.05, 0) is 0 Å². The third kappa shape index (κ3) is 7.92. The molecule has 0 aliphatic heterocycles. The van der Waals surface area contributed by atoms with Crippen LogP contribution in [0, 0.1) is 0 Å². The highest BCUT2D eigenvalue weighted by molar-refractivity contribution is 6.76. The lowest BCUT2D eigenvalue weighted by atomic mass is 10.0. The van der Waals surface area contributed by atoms with E-state index in [0.29, 0.717) is 0 Å². The van der Waals surface area contributed by atoms with E-state index < -0.39 is 51.1 Å². The first kappa shape index (κ1) is 29.1. The second kappa shape index (κ2) is 12.2. The van der Waals surface area contributed by atoms with Crippen molar-refractivity contribution in [3.8, 4) is 0 Å². The Kier molecular flexibility index (Phi) is 14.2. The molecule has 8 atom stereocenters. The van der Waals surface area contributed by atoms with Gasteiger partial charge in [-0.3, -0.25) is 0 Å². The molecule has 0 bridgehead atoms. The second-order valence-electron chi connectivity index (χ2n) is 4.86. The van der Waals surface area contributed by atoms with E-state index in [-0.39, 0.29) is 5.88 Å². The highest BCUT2D eigenvalue weighted by Crippen LogP contribution is 2.52. The fourth-order valence-electron chi connectivity index (χ4n) is 1.50. The number of alkyl halides is 14. The summed E-state index contributed by atoms with van der Waals surface area (Å²) in [5.74, 6) is 0.0615. The molecule has 14 heteroatoms. The zero-order valence-corrected chi connectivity index (χ0v) is 22.2. The lowest BCUT2D eigenvalue weighted by molar-refractivity contribution is 0.590. The maximum atomic E-state index is 6.26. The first-order valence-corrected chi connectivity index (χ1v) is 12.2. The van der Waals surface area contributed by atoms with Gasteiger partial charge < -0.3 is 0 Å². The van der Waals surface area contributed by atoms with Crippen LogP contribution in [0.1, 0.15) is 0 Å². The van der Waals surface area contributed by atoms with Gasteiger partial charge in [0.05, 0.1) is 43.0 Å². The van der Waals surface area contributed by atoms with Gasteiger partial charge >= 0.3 is 0 Å². The summed E-state index contributed by atoms with van der Waals surface area (Å²) in [5, 5.41) is -7.76. The van der Waals surface area contributed by atoms with E-state index in [0.717, 1.165) is 0 Å². The number of hydrogen-bond donors (Lipinski definition) is 0. The lowest BCUT2D eigenvalue weighted by Crippen LogP contribution is -2.50. The van der Waals surface area contributed by atoms with E-state index in [1.54, 1.807) is 0 Å². The van der Waals surface area contributed by atoms with Gasteiger partial charge in [0.15, 0.2) is 4.33 Å². The summed E-state index contributed by atoms with van der Waals surface area (Å²) < 4.78 is -4.21. The topological polar surface area (TPSA) is 0 Å². The molecule has 0 heterocycles. The Bertz CT molecular complexity index is 397. The molecule has 0 radical (unpaired) electrons. The van der Waals surface area contributed by atoms with Crippen molar-refractivity contribution in [3.63, 3.8) is 0 Å². The highest BCUT2D eigenvalue weighted by Gasteiger charge is 2.55. The van der Waals surface area contributed by atoms with Crippen LogP contribution in [0.5, 0.6) is 0 Å². The summed E-state index contributed by atoms with van der Waals surface area (Å²) in [6, 6.07) is 0. The third-order valence-corrected chi connectivity index (χ3v) is 11.4. The minimum atomic E-state index is -2.14. The van der Waals surface area contributed by atoms with E-state index in [9.17, 15) is 0 Å². The first-order valence-electron chi connectivity index (χ1n) is 6.24. The predicted molar refractivity (Wildman–Crippen MR) is 123 cm³/mol. The van der Waals surface area contributed by atoms with Crippen LogP contribution in [0.15, 0.2) is 0 Å². The fraction of sp³-hybridized carbons (Fsp3) is 1.00. The van der Waals surface area contributed by atoms with Crippen LogP contribution in [0.3, 0.4) is 0 Å². The Morgan fingerprint density at radius 2 is 0.840 bits per heavy atom. The van der Waals surface area contributed by atoms with Crippen molar-refractivity contribution in [2.45, 2.75) is 51.1 Å². The molecular formula is C11H10Cl14. The van der Waals surface area contributed by atoms with Crippen LogP contribution in [0.4, 0.5) is 0 Å². The Morgan fingerprint density at radius 1 is 0.520 bits per heavy atom. The van der Waals surface area contributed by atoms with Gasteiger partial charge in [-0.25, -0.2) is 0 Å². The molecule has 0 aromatic carbocycles. The zero-order valence-electron chi connectivity index (χ0n) is 11.6. The summed E-state index contributed by atoms with van der Waals surface area (Å²) >= 11 is 84.1. The van der Waals surface area contributed by atoms with Gasteiger partial charge in [0, 0.05) is 5.88 Å². The van der Waals surface area contributed by atoms with E-state index in [1.165, 1.54) is 0 Å². The summed E-state index contributed by atoms with van der Waals surface area (Å²) in [6.45, 7) is 0. The molecule has 0 nitrogen and oxygen atoms in total. The normalized spacial score (nSPS) is 23.3. The minimum Gasteiger partial charge on any atom is -0.125 e. The molecule has 0 amide bonds. The zero-order chi connectivity index (χ0) is 20.3. The summed E-state index contributed by atoms with van der Waals surface area (Å²) in [4.78, 5) is 0. The maximum absolute atomic E-state index is 6.26. The molecule has 0 aromatic heterocycles. The second-order valence-corrected chi connectivity index (χ2v) is 12.9. The van der Waals surface area contributed by atoms with E-state index >= 15 is 0 Å². The van der Waals surface area contributed by atoms with Crippen LogP contribution in [0.2, 0.25) is 0 Å². The lowest BCUT2D eigenvalue weighted by Gasteiger charge is -2.37.